The van der Waals surface area contributed by atoms with Gasteiger partial charge in [-0.25, -0.2) is 0 Å². The van der Waals surface area contributed by atoms with E-state index in [2.05, 4.69) is 5.32 Å². The number of carbonyl (C=O) groups excluding carboxylic acids is 1. The van der Waals surface area contributed by atoms with E-state index < -0.39 is 0 Å². The van der Waals surface area contributed by atoms with E-state index in [1.165, 1.54) is 0 Å². The van der Waals surface area contributed by atoms with E-state index in [0.29, 0.717) is 0 Å². The van der Waals surface area contributed by atoms with E-state index in [0.717, 1.165) is 53.9 Å². The summed E-state index contributed by atoms with van der Waals surface area (Å²) in [6.07, 6.45) is 1.83. The molecule has 2 heterocycles. The first-order chi connectivity index (χ1) is 11.5. The third-order valence-electron chi connectivity index (χ3n) is 5.09. The van der Waals surface area contributed by atoms with E-state index in [1.807, 2.05) is 44.2 Å². The lowest BCUT2D eigenvalue weighted by atomic mass is 9.89. The number of aryl methyl sites for hydroxylation is 1. The molecule has 0 aliphatic carbocycles. The predicted molar refractivity (Wildman–Crippen MR) is 96.5 cm³/mol. The number of nitrogens with zero attached hydrogens (tertiary/aromatic N) is 1. The Labute approximate surface area is 142 Å². The second-order valence-corrected chi connectivity index (χ2v) is 6.66. The summed E-state index contributed by atoms with van der Waals surface area (Å²) >= 11 is 0. The highest BCUT2D eigenvalue weighted by molar-refractivity contribution is 5.98. The number of pyridine rings is 1. The van der Waals surface area contributed by atoms with Crippen molar-refractivity contribution in [3.05, 3.63) is 57.5 Å². The first kappa shape index (κ1) is 16.7. The highest BCUT2D eigenvalue weighted by Gasteiger charge is 2.22. The van der Waals surface area contributed by atoms with E-state index in [9.17, 15) is 9.59 Å². The summed E-state index contributed by atoms with van der Waals surface area (Å²) in [7, 11) is 1.79. The van der Waals surface area contributed by atoms with Crippen LogP contribution < -0.4 is 10.9 Å². The van der Waals surface area contributed by atoms with E-state index in [-0.39, 0.29) is 17.3 Å². The second kappa shape index (κ2) is 6.73. The zero-order valence-electron chi connectivity index (χ0n) is 14.6. The molecule has 0 radical (unpaired) electrons. The van der Waals surface area contributed by atoms with Crippen LogP contribution >= 0.6 is 0 Å². The molecule has 4 heteroatoms. The van der Waals surface area contributed by atoms with Gasteiger partial charge < -0.3 is 9.88 Å². The first-order valence-electron chi connectivity index (χ1n) is 8.51. The van der Waals surface area contributed by atoms with Crippen LogP contribution in [0.25, 0.3) is 11.1 Å². The second-order valence-electron chi connectivity index (χ2n) is 6.66. The third kappa shape index (κ3) is 3.06. The fourth-order valence-electron chi connectivity index (χ4n) is 3.41. The fraction of sp³-hybridized carbons (Fsp3) is 0.400. The van der Waals surface area contributed by atoms with Crippen LogP contribution in [0.3, 0.4) is 0 Å². The molecule has 1 saturated heterocycles. The molecular formula is C20H24N2O2. The maximum Gasteiger partial charge on any atom is 0.253 e. The lowest BCUT2D eigenvalue weighted by Crippen LogP contribution is -2.31. The fourth-order valence-corrected chi connectivity index (χ4v) is 3.41. The number of rotatable bonds is 3. The topological polar surface area (TPSA) is 51.1 Å². The third-order valence-corrected chi connectivity index (χ3v) is 5.09. The first-order valence-corrected chi connectivity index (χ1v) is 8.51. The molecule has 1 aliphatic rings. The van der Waals surface area contributed by atoms with E-state index in [1.54, 1.807) is 11.6 Å². The SMILES string of the molecule is Cc1cc(-c2ccc(C(=O)C3CCNCC3)cc2)c(C)n(C)c1=O. The van der Waals surface area contributed by atoms with Crippen LogP contribution in [0.5, 0.6) is 0 Å². The zero-order valence-corrected chi connectivity index (χ0v) is 14.6. The molecule has 0 atom stereocenters. The van der Waals surface area contributed by atoms with Crippen molar-refractivity contribution in [1.29, 1.82) is 0 Å². The molecule has 0 saturated carbocycles. The number of nitrogens with one attached hydrogen (secondary N) is 1. The molecular weight excluding hydrogens is 300 g/mol. The van der Waals surface area contributed by atoms with Gasteiger partial charge in [-0.15, -0.1) is 0 Å². The van der Waals surface area contributed by atoms with Gasteiger partial charge in [0, 0.05) is 35.3 Å². The smallest absolute Gasteiger partial charge is 0.253 e. The number of aromatic nitrogens is 1. The van der Waals surface area contributed by atoms with Gasteiger partial charge in [0.15, 0.2) is 5.78 Å². The van der Waals surface area contributed by atoms with Crippen molar-refractivity contribution in [3.8, 4) is 11.1 Å². The van der Waals surface area contributed by atoms with E-state index >= 15 is 0 Å². The summed E-state index contributed by atoms with van der Waals surface area (Å²) in [5, 5.41) is 3.29. The van der Waals surface area contributed by atoms with Gasteiger partial charge in [-0.3, -0.25) is 9.59 Å². The zero-order chi connectivity index (χ0) is 17.3. The highest BCUT2D eigenvalue weighted by Crippen LogP contribution is 2.25. The Morgan fingerprint density at radius 2 is 1.75 bits per heavy atom. The number of Topliss-reactive ketones (excluding diaryl/α,β-unsaturated/α-hetero) is 1. The van der Waals surface area contributed by atoms with Gasteiger partial charge >= 0.3 is 0 Å². The van der Waals surface area contributed by atoms with Gasteiger partial charge in [0.1, 0.15) is 0 Å². The molecule has 1 aromatic carbocycles. The molecule has 2 aromatic rings. The minimum Gasteiger partial charge on any atom is -0.317 e. The summed E-state index contributed by atoms with van der Waals surface area (Å²) in [6, 6.07) is 9.74. The molecule has 4 nitrogen and oxygen atoms in total. The number of benzene rings is 1. The molecule has 24 heavy (non-hydrogen) atoms. The van der Waals surface area contributed by atoms with Crippen molar-refractivity contribution in [2.45, 2.75) is 26.7 Å². The molecule has 0 spiro atoms. The highest BCUT2D eigenvalue weighted by atomic mass is 16.1. The minimum absolute atomic E-state index is 0.0361. The molecule has 0 bridgehead atoms. The van der Waals surface area contributed by atoms with Gasteiger partial charge in [-0.05, 0) is 51.4 Å². The van der Waals surface area contributed by atoms with Crippen LogP contribution in [0.1, 0.15) is 34.5 Å². The van der Waals surface area contributed by atoms with Crippen LogP contribution in [0, 0.1) is 19.8 Å². The lowest BCUT2D eigenvalue weighted by molar-refractivity contribution is 0.0895. The molecule has 126 valence electrons. The van der Waals surface area contributed by atoms with Crippen LogP contribution in [-0.2, 0) is 7.05 Å². The van der Waals surface area contributed by atoms with Crippen molar-refractivity contribution < 1.29 is 4.79 Å². The summed E-state index contributed by atoms with van der Waals surface area (Å²) in [4.78, 5) is 24.6. The summed E-state index contributed by atoms with van der Waals surface area (Å²) in [6.45, 7) is 5.63. The maximum atomic E-state index is 12.6. The largest absolute Gasteiger partial charge is 0.317 e. The number of hydrogen-bond acceptors (Lipinski definition) is 3. The van der Waals surface area contributed by atoms with Crippen LogP contribution in [0.4, 0.5) is 0 Å². The van der Waals surface area contributed by atoms with Crippen molar-refractivity contribution in [2.75, 3.05) is 13.1 Å². The van der Waals surface area contributed by atoms with Gasteiger partial charge in [0.2, 0.25) is 0 Å². The molecule has 1 N–H and O–H groups in total. The Kier molecular flexibility index (Phi) is 4.67. The average Bonchev–Trinajstić information content (AvgIpc) is 2.63. The Morgan fingerprint density at radius 3 is 2.38 bits per heavy atom. The molecule has 0 unspecified atom stereocenters. The van der Waals surface area contributed by atoms with Gasteiger partial charge in [0.05, 0.1) is 0 Å². The monoisotopic (exact) mass is 324 g/mol. The Hall–Kier alpha value is -2.20. The van der Waals surface area contributed by atoms with Crippen LogP contribution in [0.2, 0.25) is 0 Å². The maximum absolute atomic E-state index is 12.6. The standard InChI is InChI=1S/C20H24N2O2/c1-13-12-18(14(2)22(3)20(13)24)15-4-6-16(7-5-15)19(23)17-8-10-21-11-9-17/h4-7,12,17,21H,8-11H2,1-3H3. The molecule has 1 fully saturated rings. The van der Waals surface area contributed by atoms with Crippen molar-refractivity contribution in [3.63, 3.8) is 0 Å². The quantitative estimate of drug-likeness (QED) is 0.883. The number of carbonyl (C=O) groups is 1. The van der Waals surface area contributed by atoms with E-state index in [4.69, 9.17) is 0 Å². The molecule has 1 aromatic heterocycles. The summed E-state index contributed by atoms with van der Waals surface area (Å²) in [5.74, 6) is 0.384. The molecule has 0 amide bonds. The predicted octanol–water partition coefficient (Wildman–Crippen LogP) is 2.85. The van der Waals surface area contributed by atoms with Gasteiger partial charge in [0.25, 0.3) is 5.56 Å². The summed E-state index contributed by atoms with van der Waals surface area (Å²) in [5.41, 5.74) is 4.55. The van der Waals surface area contributed by atoms with Gasteiger partial charge in [-0.1, -0.05) is 24.3 Å². The molecule has 1 aliphatic heterocycles. The van der Waals surface area contributed by atoms with Crippen molar-refractivity contribution in [2.24, 2.45) is 13.0 Å². The van der Waals surface area contributed by atoms with Crippen molar-refractivity contribution >= 4 is 5.78 Å². The number of hydrogen-bond donors (Lipinski definition) is 1. The Morgan fingerprint density at radius 1 is 1.12 bits per heavy atom. The van der Waals surface area contributed by atoms with Gasteiger partial charge in [-0.2, -0.15) is 0 Å². The van der Waals surface area contributed by atoms with Crippen molar-refractivity contribution in [1.82, 2.24) is 9.88 Å². The van der Waals surface area contributed by atoms with Crippen LogP contribution in [-0.4, -0.2) is 23.4 Å². The minimum atomic E-state index is 0.0361. The Balaban J connectivity index is 1.90. The average molecular weight is 324 g/mol. The number of piperidine rings is 1. The normalized spacial score (nSPS) is 15.5. The van der Waals surface area contributed by atoms with Crippen LogP contribution in [0.15, 0.2) is 35.1 Å². The summed E-state index contributed by atoms with van der Waals surface area (Å²) < 4.78 is 1.68. The lowest BCUT2D eigenvalue weighted by Gasteiger charge is -2.21. The molecule has 3 rings (SSSR count). The Bertz CT molecular complexity index is 813. The number of ketones is 1.